The zero-order valence-electron chi connectivity index (χ0n) is 9.39. The van der Waals surface area contributed by atoms with Crippen molar-refractivity contribution in [1.82, 2.24) is 0 Å². The molecule has 0 saturated heterocycles. The number of aliphatic carboxylic acids is 1. The molecule has 0 amide bonds. The third kappa shape index (κ3) is 5.24. The summed E-state index contributed by atoms with van der Waals surface area (Å²) in [5, 5.41) is 54.2. The van der Waals surface area contributed by atoms with Crippen LogP contribution in [-0.4, -0.2) is 67.6 Å². The second-order valence-corrected chi connectivity index (χ2v) is 3.73. The third-order valence-corrected chi connectivity index (χ3v) is 2.33. The van der Waals surface area contributed by atoms with Crippen LogP contribution in [-0.2, 0) is 4.79 Å². The first-order chi connectivity index (χ1) is 7.81. The lowest BCUT2D eigenvalue weighted by Crippen LogP contribution is -2.45. The van der Waals surface area contributed by atoms with Gasteiger partial charge < -0.3 is 30.6 Å². The molecule has 0 rings (SSSR count). The highest BCUT2D eigenvalue weighted by atomic mass is 16.4. The van der Waals surface area contributed by atoms with Gasteiger partial charge in [-0.3, -0.25) is 0 Å². The van der Waals surface area contributed by atoms with Gasteiger partial charge in [0.05, 0.1) is 12.7 Å². The van der Waals surface area contributed by atoms with Crippen LogP contribution in [0.1, 0.15) is 13.3 Å². The van der Waals surface area contributed by atoms with E-state index in [-0.39, 0.29) is 12.0 Å². The van der Waals surface area contributed by atoms with Gasteiger partial charge in [0.25, 0.3) is 0 Å². The number of aliphatic hydroxyl groups is 5. The number of rotatable bonds is 7. The van der Waals surface area contributed by atoms with Crippen molar-refractivity contribution < 1.29 is 35.4 Å². The Balaban J connectivity index is 4.36. The molecule has 0 spiro atoms. The van der Waals surface area contributed by atoms with E-state index in [1.165, 1.54) is 13.0 Å². The summed E-state index contributed by atoms with van der Waals surface area (Å²) >= 11 is 0. The molecular formula is C10H18O7. The summed E-state index contributed by atoms with van der Waals surface area (Å²) in [5.74, 6) is -1.15. The van der Waals surface area contributed by atoms with Crippen LogP contribution in [0.15, 0.2) is 11.6 Å². The van der Waals surface area contributed by atoms with Crippen LogP contribution in [0, 0.1) is 0 Å². The van der Waals surface area contributed by atoms with E-state index in [1.54, 1.807) is 0 Å². The van der Waals surface area contributed by atoms with Crippen LogP contribution in [0.4, 0.5) is 0 Å². The third-order valence-electron chi connectivity index (χ3n) is 2.33. The highest BCUT2D eigenvalue weighted by molar-refractivity contribution is 5.85. The molecule has 0 aliphatic carbocycles. The quantitative estimate of drug-likeness (QED) is 0.283. The molecule has 0 aromatic rings. The minimum atomic E-state index is -1.70. The van der Waals surface area contributed by atoms with Crippen molar-refractivity contribution in [2.75, 3.05) is 6.61 Å². The van der Waals surface area contributed by atoms with Gasteiger partial charge in [0.15, 0.2) is 0 Å². The number of carboxylic acids is 1. The molecule has 0 heterocycles. The Labute approximate surface area is 98.3 Å². The van der Waals surface area contributed by atoms with Crippen molar-refractivity contribution >= 4 is 5.97 Å². The average Bonchev–Trinajstić information content (AvgIpc) is 2.32. The van der Waals surface area contributed by atoms with Crippen LogP contribution >= 0.6 is 0 Å². The maximum absolute atomic E-state index is 10.4. The normalized spacial score (nSPS) is 19.5. The number of carbonyl (C=O) groups is 1. The molecule has 0 aliphatic heterocycles. The molecule has 0 radical (unpaired) electrons. The number of carboxylic acid groups (broad SMARTS) is 1. The van der Waals surface area contributed by atoms with E-state index >= 15 is 0 Å². The largest absolute Gasteiger partial charge is 0.478 e. The fourth-order valence-corrected chi connectivity index (χ4v) is 1.09. The Morgan fingerprint density at radius 1 is 1.12 bits per heavy atom. The lowest BCUT2D eigenvalue weighted by Gasteiger charge is -2.24. The second kappa shape index (κ2) is 7.36. The molecule has 0 bridgehead atoms. The molecule has 0 aromatic carbocycles. The van der Waals surface area contributed by atoms with E-state index in [0.29, 0.717) is 0 Å². The van der Waals surface area contributed by atoms with Gasteiger partial charge in [-0.2, -0.15) is 0 Å². The van der Waals surface area contributed by atoms with Crippen molar-refractivity contribution in [3.05, 3.63) is 11.6 Å². The zero-order chi connectivity index (χ0) is 13.6. The average molecular weight is 250 g/mol. The van der Waals surface area contributed by atoms with E-state index in [1.807, 2.05) is 0 Å². The van der Waals surface area contributed by atoms with Gasteiger partial charge >= 0.3 is 5.97 Å². The number of hydrogen-bond donors (Lipinski definition) is 6. The Morgan fingerprint density at radius 3 is 2.00 bits per heavy atom. The Bertz CT molecular complexity index is 276. The van der Waals surface area contributed by atoms with Gasteiger partial charge in [-0.15, -0.1) is 0 Å². The molecule has 0 saturated carbocycles. The molecular weight excluding hydrogens is 232 g/mol. The predicted molar refractivity (Wildman–Crippen MR) is 57.1 cm³/mol. The summed E-state index contributed by atoms with van der Waals surface area (Å²) < 4.78 is 0. The topological polar surface area (TPSA) is 138 Å². The van der Waals surface area contributed by atoms with Gasteiger partial charge in [-0.25, -0.2) is 4.79 Å². The van der Waals surface area contributed by atoms with E-state index in [9.17, 15) is 20.1 Å². The van der Waals surface area contributed by atoms with Crippen LogP contribution in [0.5, 0.6) is 0 Å². The fourth-order valence-electron chi connectivity index (χ4n) is 1.09. The zero-order valence-corrected chi connectivity index (χ0v) is 9.39. The van der Waals surface area contributed by atoms with Crippen molar-refractivity contribution in [1.29, 1.82) is 0 Å². The second-order valence-electron chi connectivity index (χ2n) is 3.73. The van der Waals surface area contributed by atoms with Crippen LogP contribution < -0.4 is 0 Å². The smallest absolute Gasteiger partial charge is 0.330 e. The molecule has 0 fully saturated rings. The minimum Gasteiger partial charge on any atom is -0.478 e. The van der Waals surface area contributed by atoms with Crippen LogP contribution in [0.25, 0.3) is 0 Å². The van der Waals surface area contributed by atoms with Gasteiger partial charge in [0, 0.05) is 5.57 Å². The predicted octanol–water partition coefficient (Wildman–Crippen LogP) is -2.16. The first-order valence-corrected chi connectivity index (χ1v) is 5.04. The molecule has 17 heavy (non-hydrogen) atoms. The fraction of sp³-hybridized carbons (Fsp3) is 0.700. The van der Waals surface area contributed by atoms with Crippen LogP contribution in [0.2, 0.25) is 0 Å². The Morgan fingerprint density at radius 2 is 1.59 bits per heavy atom. The van der Waals surface area contributed by atoms with Crippen LogP contribution in [0.3, 0.4) is 0 Å². The van der Waals surface area contributed by atoms with E-state index in [2.05, 4.69) is 0 Å². The Hall–Kier alpha value is -0.990. The van der Waals surface area contributed by atoms with E-state index in [4.69, 9.17) is 15.3 Å². The summed E-state index contributed by atoms with van der Waals surface area (Å²) in [6.07, 6.45) is -5.36. The van der Waals surface area contributed by atoms with Crippen molar-refractivity contribution in [2.24, 2.45) is 0 Å². The van der Waals surface area contributed by atoms with Crippen molar-refractivity contribution in [2.45, 2.75) is 37.8 Å². The summed E-state index contributed by atoms with van der Waals surface area (Å²) in [7, 11) is 0. The van der Waals surface area contributed by atoms with Crippen molar-refractivity contribution in [3.63, 3.8) is 0 Å². The molecule has 6 N–H and O–H groups in total. The summed E-state index contributed by atoms with van der Waals surface area (Å²) in [6, 6.07) is 0. The minimum absolute atomic E-state index is 0.00607. The molecule has 4 unspecified atom stereocenters. The molecule has 0 aliphatic rings. The van der Waals surface area contributed by atoms with Crippen molar-refractivity contribution in [3.8, 4) is 0 Å². The molecule has 7 heteroatoms. The van der Waals surface area contributed by atoms with E-state index in [0.717, 1.165) is 0 Å². The summed E-state index contributed by atoms with van der Waals surface area (Å²) in [6.45, 7) is 0.565. The lowest BCUT2D eigenvalue weighted by molar-refractivity contribution is -0.132. The first-order valence-electron chi connectivity index (χ1n) is 5.04. The standard InChI is InChI=1S/C10H18O7/c1-5(10(16)17)2-3-6(12)8(14)9(15)7(13)4-11/h2,6-9,11-15H,3-4H2,1H3,(H,16,17). The highest BCUT2D eigenvalue weighted by Crippen LogP contribution is 2.09. The Kier molecular flexibility index (Phi) is 6.93. The molecule has 100 valence electrons. The monoisotopic (exact) mass is 250 g/mol. The molecule has 0 aromatic heterocycles. The maximum atomic E-state index is 10.4. The van der Waals surface area contributed by atoms with Gasteiger partial charge in [-0.1, -0.05) is 6.08 Å². The first kappa shape index (κ1) is 16.0. The summed E-state index contributed by atoms with van der Waals surface area (Å²) in [4.78, 5) is 10.4. The van der Waals surface area contributed by atoms with Gasteiger partial charge in [-0.05, 0) is 13.3 Å². The highest BCUT2D eigenvalue weighted by Gasteiger charge is 2.29. The number of aliphatic hydroxyl groups excluding tert-OH is 5. The molecule has 7 nitrogen and oxygen atoms in total. The van der Waals surface area contributed by atoms with Gasteiger partial charge in [0.1, 0.15) is 18.3 Å². The maximum Gasteiger partial charge on any atom is 0.330 e. The molecule has 4 atom stereocenters. The SMILES string of the molecule is CC(=CCC(O)C(O)C(O)C(O)CO)C(=O)O. The number of hydrogen-bond acceptors (Lipinski definition) is 6. The summed E-state index contributed by atoms with van der Waals surface area (Å²) in [5.41, 5.74) is -0.00607. The van der Waals surface area contributed by atoms with E-state index < -0.39 is 37.0 Å². The van der Waals surface area contributed by atoms with Gasteiger partial charge in [0.2, 0.25) is 0 Å². The lowest BCUT2D eigenvalue weighted by atomic mass is 10.0.